The first-order valence-corrected chi connectivity index (χ1v) is 16.0. The second-order valence-electron chi connectivity index (χ2n) is 12.3. The molecule has 212 valence electrons. The molecule has 3 nitrogen and oxygen atoms in total. The molecule has 4 aromatic carbocycles. The van der Waals surface area contributed by atoms with Gasteiger partial charge in [0.2, 0.25) is 0 Å². The van der Waals surface area contributed by atoms with Gasteiger partial charge in [0.05, 0.1) is 27.7 Å². The van der Waals surface area contributed by atoms with Crippen molar-refractivity contribution < 1.29 is 9.59 Å². The molecule has 7 aromatic rings. The minimum absolute atomic E-state index is 0.0642. The van der Waals surface area contributed by atoms with Crippen molar-refractivity contribution in [3.63, 3.8) is 0 Å². The lowest BCUT2D eigenvalue weighted by atomic mass is 9.84. The smallest absolute Gasteiger partial charge is 0.196 e. The summed E-state index contributed by atoms with van der Waals surface area (Å²) in [6.07, 6.45) is 11.5. The SMILES string of the molecule is CCCCCCCCCCc1cc2c3ccccc3c3c4c(c5c6ccccc6c(c1)c2n35)C(=O)c1ccccc1C4=O. The van der Waals surface area contributed by atoms with Crippen molar-refractivity contribution in [2.24, 2.45) is 0 Å². The Morgan fingerprint density at radius 1 is 0.488 bits per heavy atom. The molecule has 0 aliphatic heterocycles. The zero-order valence-corrected chi connectivity index (χ0v) is 24.7. The van der Waals surface area contributed by atoms with Gasteiger partial charge in [-0.05, 0) is 41.3 Å². The lowest BCUT2D eigenvalue weighted by molar-refractivity contribution is 0.0982. The van der Waals surface area contributed by atoms with Gasteiger partial charge in [-0.3, -0.25) is 9.59 Å². The Kier molecular flexibility index (Phi) is 6.29. The number of benzene rings is 4. The minimum Gasteiger partial charge on any atom is -0.306 e. The number of ketones is 2. The van der Waals surface area contributed by atoms with E-state index in [1.54, 1.807) is 12.1 Å². The number of carbonyl (C=O) groups excluding carboxylic acids is 2. The van der Waals surface area contributed by atoms with Crippen LogP contribution in [0.2, 0.25) is 0 Å². The molecule has 0 spiro atoms. The Hall–Kier alpha value is -4.50. The summed E-state index contributed by atoms with van der Waals surface area (Å²) in [5.74, 6) is -0.128. The summed E-state index contributed by atoms with van der Waals surface area (Å²) < 4.78 is 2.25. The summed E-state index contributed by atoms with van der Waals surface area (Å²) >= 11 is 0. The summed E-state index contributed by atoms with van der Waals surface area (Å²) in [4.78, 5) is 28.5. The van der Waals surface area contributed by atoms with Crippen LogP contribution in [0.25, 0.3) is 48.9 Å². The molecule has 3 heteroatoms. The lowest BCUT2D eigenvalue weighted by Gasteiger charge is -2.18. The number of nitrogens with zero attached hydrogens (tertiary/aromatic N) is 1. The van der Waals surface area contributed by atoms with E-state index in [9.17, 15) is 9.59 Å². The van der Waals surface area contributed by atoms with E-state index in [1.807, 2.05) is 24.3 Å². The molecule has 0 saturated carbocycles. The molecule has 0 amide bonds. The molecule has 1 aliphatic rings. The summed E-state index contributed by atoms with van der Waals surface area (Å²) in [5, 5.41) is 6.69. The second-order valence-corrected chi connectivity index (χ2v) is 12.3. The van der Waals surface area contributed by atoms with E-state index in [-0.39, 0.29) is 11.6 Å². The first kappa shape index (κ1) is 26.2. The maximum atomic E-state index is 14.2. The predicted octanol–water partition coefficient (Wildman–Crippen LogP) is 10.4. The molecular weight excluding hydrogens is 526 g/mol. The number of hydrogen-bond donors (Lipinski definition) is 0. The summed E-state index contributed by atoms with van der Waals surface area (Å²) in [6, 6.07) is 28.9. The highest BCUT2D eigenvalue weighted by atomic mass is 16.1. The van der Waals surface area contributed by atoms with Crippen molar-refractivity contribution in [1.82, 2.24) is 4.40 Å². The first-order chi connectivity index (χ1) is 21.2. The quantitative estimate of drug-likeness (QED) is 0.0999. The number of rotatable bonds is 9. The van der Waals surface area contributed by atoms with Crippen LogP contribution in [0.4, 0.5) is 0 Å². The van der Waals surface area contributed by atoms with Crippen molar-refractivity contribution in [2.75, 3.05) is 0 Å². The van der Waals surface area contributed by atoms with Gasteiger partial charge in [0, 0.05) is 32.7 Å². The fourth-order valence-electron chi connectivity index (χ4n) is 7.70. The fourth-order valence-corrected chi connectivity index (χ4v) is 7.70. The van der Waals surface area contributed by atoms with Crippen LogP contribution < -0.4 is 0 Å². The van der Waals surface area contributed by atoms with Crippen LogP contribution in [0.15, 0.2) is 84.9 Å². The second kappa shape index (κ2) is 10.3. The van der Waals surface area contributed by atoms with Crippen molar-refractivity contribution in [2.45, 2.75) is 64.7 Å². The van der Waals surface area contributed by atoms with E-state index in [1.165, 1.54) is 67.7 Å². The van der Waals surface area contributed by atoms with Crippen molar-refractivity contribution >= 4 is 60.4 Å². The Morgan fingerprint density at radius 3 is 1.44 bits per heavy atom. The fraction of sp³-hybridized carbons (Fsp3) is 0.250. The van der Waals surface area contributed by atoms with Gasteiger partial charge in [0.25, 0.3) is 0 Å². The molecular formula is C40H35NO2. The Labute approximate surface area is 251 Å². The van der Waals surface area contributed by atoms with Crippen LogP contribution in [0.3, 0.4) is 0 Å². The molecule has 1 aliphatic carbocycles. The van der Waals surface area contributed by atoms with E-state index in [0.29, 0.717) is 22.3 Å². The normalized spacial score (nSPS) is 13.2. The molecule has 8 rings (SSSR count). The van der Waals surface area contributed by atoms with Crippen LogP contribution in [0.5, 0.6) is 0 Å². The minimum atomic E-state index is -0.0642. The number of carbonyl (C=O) groups is 2. The van der Waals surface area contributed by atoms with Crippen molar-refractivity contribution in [1.29, 1.82) is 0 Å². The van der Waals surface area contributed by atoms with Crippen LogP contribution >= 0.6 is 0 Å². The molecule has 43 heavy (non-hydrogen) atoms. The predicted molar refractivity (Wildman–Crippen MR) is 178 cm³/mol. The van der Waals surface area contributed by atoms with Gasteiger partial charge in [-0.2, -0.15) is 0 Å². The molecule has 0 N–H and O–H groups in total. The van der Waals surface area contributed by atoms with Crippen LogP contribution in [-0.2, 0) is 6.42 Å². The standard InChI is InChI=1S/C40H35NO2/c1-2-3-4-5-6-7-8-9-16-25-23-32-26-17-10-12-19-28(26)37-34-35(40(43)31-22-15-14-21-30(31)39(34)42)38-29-20-13-11-18-27(29)33(24-25)36(32)41(37)38/h10-15,17-24H,2-9,16H2,1H3. The highest BCUT2D eigenvalue weighted by Gasteiger charge is 2.37. The molecule has 3 heterocycles. The number of hydrogen-bond acceptors (Lipinski definition) is 2. The van der Waals surface area contributed by atoms with Crippen molar-refractivity contribution in [3.05, 3.63) is 113 Å². The van der Waals surface area contributed by atoms with Gasteiger partial charge in [0.15, 0.2) is 11.6 Å². The van der Waals surface area contributed by atoms with E-state index in [2.05, 4.69) is 59.9 Å². The Morgan fingerprint density at radius 2 is 0.930 bits per heavy atom. The van der Waals surface area contributed by atoms with Gasteiger partial charge in [0.1, 0.15) is 0 Å². The summed E-state index contributed by atoms with van der Waals surface area (Å²) in [7, 11) is 0. The third-order valence-corrected chi connectivity index (χ3v) is 9.70. The van der Waals surface area contributed by atoms with Gasteiger partial charge in [-0.15, -0.1) is 0 Å². The van der Waals surface area contributed by atoms with E-state index < -0.39 is 0 Å². The van der Waals surface area contributed by atoms with Gasteiger partial charge in [-0.25, -0.2) is 0 Å². The molecule has 0 radical (unpaired) electrons. The van der Waals surface area contributed by atoms with Crippen molar-refractivity contribution in [3.8, 4) is 0 Å². The molecule has 3 aromatic heterocycles. The maximum absolute atomic E-state index is 14.2. The Balaban J connectivity index is 1.37. The van der Waals surface area contributed by atoms with E-state index in [0.717, 1.165) is 44.5 Å². The van der Waals surface area contributed by atoms with Gasteiger partial charge < -0.3 is 4.40 Å². The highest BCUT2D eigenvalue weighted by molar-refractivity contribution is 6.39. The topological polar surface area (TPSA) is 38.5 Å². The average molecular weight is 562 g/mol. The average Bonchev–Trinajstić information content (AvgIpc) is 3.42. The van der Waals surface area contributed by atoms with E-state index >= 15 is 0 Å². The van der Waals surface area contributed by atoms with Crippen LogP contribution in [0.1, 0.15) is 95.7 Å². The maximum Gasteiger partial charge on any atom is 0.196 e. The van der Waals surface area contributed by atoms with E-state index in [4.69, 9.17) is 0 Å². The third-order valence-electron chi connectivity index (χ3n) is 9.70. The monoisotopic (exact) mass is 561 g/mol. The largest absolute Gasteiger partial charge is 0.306 e. The number of fused-ring (bicyclic) bond motifs is 10. The summed E-state index contributed by atoms with van der Waals surface area (Å²) in [5.41, 5.74) is 6.24. The number of pyridine rings is 2. The van der Waals surface area contributed by atoms with Gasteiger partial charge in [-0.1, -0.05) is 125 Å². The summed E-state index contributed by atoms with van der Waals surface area (Å²) in [6.45, 7) is 2.27. The first-order valence-electron chi connectivity index (χ1n) is 16.0. The highest BCUT2D eigenvalue weighted by Crippen LogP contribution is 2.46. The molecule has 0 saturated heterocycles. The number of aromatic nitrogens is 1. The zero-order valence-electron chi connectivity index (χ0n) is 24.7. The zero-order chi connectivity index (χ0) is 29.1. The Bertz CT molecular complexity index is 2070. The van der Waals surface area contributed by atoms with Gasteiger partial charge >= 0.3 is 0 Å². The van der Waals surface area contributed by atoms with Crippen LogP contribution in [-0.4, -0.2) is 16.0 Å². The molecule has 0 bridgehead atoms. The third kappa shape index (κ3) is 3.87. The molecule has 0 fully saturated rings. The van der Waals surface area contributed by atoms with Crippen LogP contribution in [0, 0.1) is 0 Å². The molecule has 0 atom stereocenters. The number of unbranched alkanes of at least 4 members (excludes halogenated alkanes) is 7. The number of aryl methyl sites for hydroxylation is 1. The molecule has 0 unspecified atom stereocenters. The lowest BCUT2D eigenvalue weighted by Crippen LogP contribution is -2.19.